The Bertz CT molecular complexity index is 271. The highest BCUT2D eigenvalue weighted by atomic mass is 15.2. The molecule has 2 fully saturated rings. The van der Waals surface area contributed by atoms with E-state index in [0.29, 0.717) is 0 Å². The summed E-state index contributed by atoms with van der Waals surface area (Å²) in [6.45, 7) is 23.9. The van der Waals surface area contributed by atoms with Crippen LogP contribution in [0.25, 0.3) is 0 Å². The zero-order valence-corrected chi connectivity index (χ0v) is 17.3. The quantitative estimate of drug-likeness (QED) is 0.574. The maximum absolute atomic E-state index is 2.60. The number of piperidine rings is 1. The van der Waals surface area contributed by atoms with Crippen molar-refractivity contribution in [2.75, 3.05) is 26.2 Å². The summed E-state index contributed by atoms with van der Waals surface area (Å²) in [5, 5.41) is 0. The Labute approximate surface area is 161 Å². The van der Waals surface area contributed by atoms with Crippen molar-refractivity contribution in [1.29, 1.82) is 0 Å². The molecule has 0 bridgehead atoms. The molecule has 0 N–H and O–H groups in total. The first-order valence-corrected chi connectivity index (χ1v) is 10.2. The summed E-state index contributed by atoms with van der Waals surface area (Å²) >= 11 is 0. The van der Waals surface area contributed by atoms with Crippen LogP contribution in [0.5, 0.6) is 0 Å². The zero-order chi connectivity index (χ0) is 17.6. The molecule has 2 rings (SSSR count). The van der Waals surface area contributed by atoms with E-state index in [1.165, 1.54) is 45.4 Å². The lowest BCUT2D eigenvalue weighted by Gasteiger charge is -2.36. The average Bonchev–Trinajstić information content (AvgIpc) is 2.98. The SMILES string of the molecule is C.C.CC(C)C1CCN(C(C)C)C1.CC(C)C1CCN(C(C)C)CC1. The summed E-state index contributed by atoms with van der Waals surface area (Å²) in [4.78, 5) is 5.18. The summed E-state index contributed by atoms with van der Waals surface area (Å²) in [7, 11) is 0. The number of hydrogen-bond acceptors (Lipinski definition) is 2. The standard InChI is InChI=1S/C11H23N.C10H21N.2CH4/c1-9(2)11-5-7-12(8-6-11)10(3)4;1-8(2)10-5-6-11(7-10)9(3)4;;/h9-11H,5-8H2,1-4H3;8-10H,5-7H2,1-4H3;2*1H4. The minimum absolute atomic E-state index is 0. The van der Waals surface area contributed by atoms with Crippen molar-refractivity contribution in [3.8, 4) is 0 Å². The highest BCUT2D eigenvalue weighted by Crippen LogP contribution is 2.25. The third kappa shape index (κ3) is 9.43. The summed E-state index contributed by atoms with van der Waals surface area (Å²) in [5.41, 5.74) is 0. The van der Waals surface area contributed by atoms with Crippen molar-refractivity contribution >= 4 is 0 Å². The molecular weight excluding hydrogens is 304 g/mol. The largest absolute Gasteiger partial charge is 0.301 e. The van der Waals surface area contributed by atoms with Crippen molar-refractivity contribution in [2.24, 2.45) is 23.7 Å². The van der Waals surface area contributed by atoms with Crippen molar-refractivity contribution in [3.63, 3.8) is 0 Å². The molecule has 2 aliphatic heterocycles. The second kappa shape index (κ2) is 13.1. The Hall–Kier alpha value is -0.0800. The molecular formula is C23H52N2. The van der Waals surface area contributed by atoms with E-state index < -0.39 is 0 Å². The topological polar surface area (TPSA) is 6.48 Å². The van der Waals surface area contributed by atoms with Gasteiger partial charge in [-0.2, -0.15) is 0 Å². The minimum atomic E-state index is 0. The fourth-order valence-electron chi connectivity index (χ4n) is 3.93. The van der Waals surface area contributed by atoms with Crippen LogP contribution in [-0.2, 0) is 0 Å². The summed E-state index contributed by atoms with van der Waals surface area (Å²) < 4.78 is 0. The third-order valence-corrected chi connectivity index (χ3v) is 6.18. The summed E-state index contributed by atoms with van der Waals surface area (Å²) in [6.07, 6.45) is 4.24. The van der Waals surface area contributed by atoms with E-state index in [-0.39, 0.29) is 14.9 Å². The molecule has 0 saturated carbocycles. The second-order valence-corrected chi connectivity index (χ2v) is 9.09. The average molecular weight is 357 g/mol. The van der Waals surface area contributed by atoms with Gasteiger partial charge in [-0.1, -0.05) is 42.5 Å². The van der Waals surface area contributed by atoms with Crippen molar-refractivity contribution in [1.82, 2.24) is 9.80 Å². The highest BCUT2D eigenvalue weighted by Gasteiger charge is 2.25. The molecule has 0 aromatic rings. The van der Waals surface area contributed by atoms with Gasteiger partial charge in [-0.3, -0.25) is 0 Å². The first-order chi connectivity index (χ1) is 10.7. The van der Waals surface area contributed by atoms with Crippen LogP contribution >= 0.6 is 0 Å². The third-order valence-electron chi connectivity index (χ3n) is 6.18. The monoisotopic (exact) mass is 356 g/mol. The molecule has 2 saturated heterocycles. The van der Waals surface area contributed by atoms with Crippen LogP contribution in [0.4, 0.5) is 0 Å². The molecule has 2 nitrogen and oxygen atoms in total. The van der Waals surface area contributed by atoms with Crippen molar-refractivity contribution in [2.45, 2.75) is 102 Å². The van der Waals surface area contributed by atoms with Crippen LogP contribution in [0, 0.1) is 23.7 Å². The maximum Gasteiger partial charge on any atom is 0.00387 e. The van der Waals surface area contributed by atoms with Gasteiger partial charge in [0.15, 0.2) is 0 Å². The van der Waals surface area contributed by atoms with E-state index in [9.17, 15) is 0 Å². The number of likely N-dealkylation sites (tertiary alicyclic amines) is 2. The molecule has 2 heteroatoms. The van der Waals surface area contributed by atoms with Crippen LogP contribution in [0.2, 0.25) is 0 Å². The van der Waals surface area contributed by atoms with Gasteiger partial charge in [0.1, 0.15) is 0 Å². The smallest absolute Gasteiger partial charge is 0.00387 e. The van der Waals surface area contributed by atoms with Gasteiger partial charge < -0.3 is 9.80 Å². The van der Waals surface area contributed by atoms with Gasteiger partial charge in [0.2, 0.25) is 0 Å². The fraction of sp³-hybridized carbons (Fsp3) is 1.00. The van der Waals surface area contributed by atoms with E-state index in [0.717, 1.165) is 35.8 Å². The minimum Gasteiger partial charge on any atom is -0.301 e. The van der Waals surface area contributed by atoms with Crippen molar-refractivity contribution < 1.29 is 0 Å². The van der Waals surface area contributed by atoms with Crippen LogP contribution in [0.15, 0.2) is 0 Å². The Morgan fingerprint density at radius 3 is 1.20 bits per heavy atom. The van der Waals surface area contributed by atoms with Gasteiger partial charge >= 0.3 is 0 Å². The normalized spacial score (nSPS) is 22.8. The molecule has 0 aliphatic carbocycles. The molecule has 2 heterocycles. The predicted molar refractivity (Wildman–Crippen MR) is 117 cm³/mol. The van der Waals surface area contributed by atoms with Crippen LogP contribution in [0.1, 0.15) is 89.5 Å². The molecule has 1 unspecified atom stereocenters. The first kappa shape index (κ1) is 27.1. The lowest BCUT2D eigenvalue weighted by Crippen LogP contribution is -2.39. The Morgan fingerprint density at radius 1 is 0.560 bits per heavy atom. The van der Waals surface area contributed by atoms with Gasteiger partial charge in [-0.25, -0.2) is 0 Å². The Morgan fingerprint density at radius 2 is 0.920 bits per heavy atom. The summed E-state index contributed by atoms with van der Waals surface area (Å²) in [5.74, 6) is 3.70. The van der Waals surface area contributed by atoms with E-state index in [4.69, 9.17) is 0 Å². The molecule has 2 aliphatic rings. The number of nitrogens with zero attached hydrogens (tertiary/aromatic N) is 2. The summed E-state index contributed by atoms with van der Waals surface area (Å²) in [6, 6.07) is 1.50. The molecule has 1 atom stereocenters. The van der Waals surface area contributed by atoms with Crippen LogP contribution < -0.4 is 0 Å². The van der Waals surface area contributed by atoms with Crippen molar-refractivity contribution in [3.05, 3.63) is 0 Å². The van der Waals surface area contributed by atoms with Crippen LogP contribution in [0.3, 0.4) is 0 Å². The van der Waals surface area contributed by atoms with E-state index in [1.54, 1.807) is 0 Å². The lowest BCUT2D eigenvalue weighted by molar-refractivity contribution is 0.129. The molecule has 0 amide bonds. The molecule has 0 aromatic heterocycles. The molecule has 0 spiro atoms. The number of hydrogen-bond donors (Lipinski definition) is 0. The Balaban J connectivity index is 0. The van der Waals surface area contributed by atoms with E-state index in [1.807, 2.05) is 0 Å². The van der Waals surface area contributed by atoms with Gasteiger partial charge in [0.05, 0.1) is 0 Å². The Kier molecular flexibility index (Phi) is 14.3. The number of rotatable bonds is 4. The van der Waals surface area contributed by atoms with Gasteiger partial charge in [-0.05, 0) is 90.3 Å². The second-order valence-electron chi connectivity index (χ2n) is 9.09. The van der Waals surface area contributed by atoms with Gasteiger partial charge in [0, 0.05) is 18.6 Å². The first-order valence-electron chi connectivity index (χ1n) is 10.2. The van der Waals surface area contributed by atoms with Crippen LogP contribution in [-0.4, -0.2) is 48.1 Å². The molecule has 25 heavy (non-hydrogen) atoms. The molecule has 154 valence electrons. The zero-order valence-electron chi connectivity index (χ0n) is 17.3. The lowest BCUT2D eigenvalue weighted by atomic mass is 9.86. The van der Waals surface area contributed by atoms with E-state index in [2.05, 4.69) is 65.2 Å². The fourth-order valence-corrected chi connectivity index (χ4v) is 3.93. The van der Waals surface area contributed by atoms with E-state index >= 15 is 0 Å². The van der Waals surface area contributed by atoms with Gasteiger partial charge in [0.25, 0.3) is 0 Å². The predicted octanol–water partition coefficient (Wildman–Crippen LogP) is 6.41. The maximum atomic E-state index is 2.60. The highest BCUT2D eigenvalue weighted by molar-refractivity contribution is 4.79. The van der Waals surface area contributed by atoms with Gasteiger partial charge in [-0.15, -0.1) is 0 Å². The molecule has 0 aromatic carbocycles. The molecule has 0 radical (unpaired) electrons.